The van der Waals surface area contributed by atoms with Gasteiger partial charge in [0.2, 0.25) is 0 Å². The predicted octanol–water partition coefficient (Wildman–Crippen LogP) is 3.17. The number of carbonyl (C=O) groups excluding carboxylic acids is 1. The quantitative estimate of drug-likeness (QED) is 0.642. The average Bonchev–Trinajstić information content (AvgIpc) is 3.31. The maximum absolute atomic E-state index is 12.4. The van der Waals surface area contributed by atoms with Crippen LogP contribution in [0.5, 0.6) is 0 Å². The fourth-order valence-corrected chi connectivity index (χ4v) is 3.93. The normalized spacial score (nSPS) is 14.8. The van der Waals surface area contributed by atoms with Crippen molar-refractivity contribution < 1.29 is 4.79 Å². The number of likely N-dealkylation sites (tertiary alicyclic amines) is 1. The molecule has 3 aromatic rings. The van der Waals surface area contributed by atoms with Crippen LogP contribution in [-0.2, 0) is 6.54 Å². The van der Waals surface area contributed by atoms with Gasteiger partial charge in [0.25, 0.3) is 5.91 Å². The average molecular weight is 415 g/mol. The fourth-order valence-electron chi connectivity index (χ4n) is 3.93. The molecule has 7 nitrogen and oxygen atoms in total. The number of hydrogen-bond acceptors (Lipinski definition) is 5. The molecule has 1 saturated heterocycles. The van der Waals surface area contributed by atoms with E-state index in [2.05, 4.69) is 50.5 Å². The standard InChI is InChI=1S/C24H26N6O/c25-14-21-6-7-23(27-15-21)30-17-22(28-18-30)24(31)26-11-8-19-9-12-29(13-10-19)16-20-4-2-1-3-5-20/h1-7,15,17-19H,8-13,16H2,(H,26,31). The SMILES string of the molecule is N#Cc1ccc(-n2cnc(C(=O)NCCC3CCN(Cc4ccccc4)CC3)c2)nc1. The Labute approximate surface area is 182 Å². The summed E-state index contributed by atoms with van der Waals surface area (Å²) in [7, 11) is 0. The zero-order chi connectivity index (χ0) is 21.5. The first kappa shape index (κ1) is 20.8. The fraction of sp³-hybridized carbons (Fsp3) is 0.333. The second kappa shape index (κ2) is 10.0. The number of piperidine rings is 1. The predicted molar refractivity (Wildman–Crippen MR) is 117 cm³/mol. The monoisotopic (exact) mass is 414 g/mol. The molecule has 0 unspecified atom stereocenters. The summed E-state index contributed by atoms with van der Waals surface area (Å²) in [5.41, 5.74) is 2.22. The summed E-state index contributed by atoms with van der Waals surface area (Å²) < 4.78 is 1.68. The number of aromatic nitrogens is 3. The summed E-state index contributed by atoms with van der Waals surface area (Å²) in [5.74, 6) is 1.09. The Balaban J connectivity index is 1.19. The van der Waals surface area contributed by atoms with Crippen LogP contribution in [0.3, 0.4) is 0 Å². The number of carbonyl (C=O) groups is 1. The smallest absolute Gasteiger partial charge is 0.271 e. The molecule has 3 heterocycles. The Bertz CT molecular complexity index is 1030. The second-order valence-electron chi connectivity index (χ2n) is 7.93. The lowest BCUT2D eigenvalue weighted by atomic mass is 9.93. The van der Waals surface area contributed by atoms with Crippen LogP contribution in [0.25, 0.3) is 5.82 Å². The highest BCUT2D eigenvalue weighted by Gasteiger charge is 2.19. The molecule has 0 saturated carbocycles. The van der Waals surface area contributed by atoms with Crippen LogP contribution in [0, 0.1) is 17.2 Å². The van der Waals surface area contributed by atoms with Gasteiger partial charge in [0.15, 0.2) is 0 Å². The third-order valence-electron chi connectivity index (χ3n) is 5.75. The molecule has 2 aromatic heterocycles. The van der Waals surface area contributed by atoms with E-state index < -0.39 is 0 Å². The maximum Gasteiger partial charge on any atom is 0.271 e. The van der Waals surface area contributed by atoms with E-state index in [-0.39, 0.29) is 5.91 Å². The van der Waals surface area contributed by atoms with Crippen LogP contribution in [0.4, 0.5) is 0 Å². The lowest BCUT2D eigenvalue weighted by Gasteiger charge is -2.32. The Kier molecular flexibility index (Phi) is 6.70. The molecule has 1 aromatic carbocycles. The van der Waals surface area contributed by atoms with E-state index in [0.29, 0.717) is 29.5 Å². The molecule has 1 aliphatic heterocycles. The van der Waals surface area contributed by atoms with Crippen molar-refractivity contribution in [2.45, 2.75) is 25.8 Å². The van der Waals surface area contributed by atoms with Gasteiger partial charge in [-0.1, -0.05) is 30.3 Å². The summed E-state index contributed by atoms with van der Waals surface area (Å²) >= 11 is 0. The minimum absolute atomic E-state index is 0.172. The van der Waals surface area contributed by atoms with E-state index in [1.165, 1.54) is 24.6 Å². The van der Waals surface area contributed by atoms with Crippen LogP contribution in [0.2, 0.25) is 0 Å². The highest BCUT2D eigenvalue weighted by Crippen LogP contribution is 2.21. The number of hydrogen-bond donors (Lipinski definition) is 1. The first-order valence-electron chi connectivity index (χ1n) is 10.7. The number of imidazole rings is 1. The molecule has 7 heteroatoms. The van der Waals surface area contributed by atoms with Crippen LogP contribution in [0.1, 0.15) is 40.9 Å². The van der Waals surface area contributed by atoms with Crippen molar-refractivity contribution in [3.05, 3.63) is 78.0 Å². The molecule has 1 aliphatic rings. The molecular weight excluding hydrogens is 388 g/mol. The number of benzene rings is 1. The zero-order valence-corrected chi connectivity index (χ0v) is 17.4. The van der Waals surface area contributed by atoms with Crippen LogP contribution in [-0.4, -0.2) is 45.0 Å². The van der Waals surface area contributed by atoms with Crippen molar-refractivity contribution in [2.75, 3.05) is 19.6 Å². The van der Waals surface area contributed by atoms with E-state index in [1.807, 2.05) is 6.07 Å². The van der Waals surface area contributed by atoms with Crippen LogP contribution >= 0.6 is 0 Å². The molecule has 0 aliphatic carbocycles. The van der Waals surface area contributed by atoms with E-state index in [9.17, 15) is 4.79 Å². The summed E-state index contributed by atoms with van der Waals surface area (Å²) in [5, 5.41) is 11.8. The number of pyridine rings is 1. The van der Waals surface area contributed by atoms with Crippen molar-refractivity contribution in [1.29, 1.82) is 5.26 Å². The molecule has 158 valence electrons. The van der Waals surface area contributed by atoms with Crippen LogP contribution in [0.15, 0.2) is 61.2 Å². The van der Waals surface area contributed by atoms with Gasteiger partial charge in [-0.2, -0.15) is 5.26 Å². The van der Waals surface area contributed by atoms with Crippen LogP contribution < -0.4 is 5.32 Å². The largest absolute Gasteiger partial charge is 0.351 e. The lowest BCUT2D eigenvalue weighted by molar-refractivity contribution is 0.0943. The van der Waals surface area contributed by atoms with Crippen molar-refractivity contribution in [2.24, 2.45) is 5.92 Å². The summed E-state index contributed by atoms with van der Waals surface area (Å²) in [6.07, 6.45) is 8.05. The third kappa shape index (κ3) is 5.56. The summed E-state index contributed by atoms with van der Waals surface area (Å²) in [6.45, 7) is 3.89. The van der Waals surface area contributed by atoms with Gasteiger partial charge in [-0.15, -0.1) is 0 Å². The van der Waals surface area contributed by atoms with Crippen molar-refractivity contribution >= 4 is 5.91 Å². The molecule has 4 rings (SSSR count). The first-order valence-corrected chi connectivity index (χ1v) is 10.7. The van der Waals surface area contributed by atoms with E-state index in [0.717, 1.165) is 26.1 Å². The minimum Gasteiger partial charge on any atom is -0.351 e. The van der Waals surface area contributed by atoms with Gasteiger partial charge in [0, 0.05) is 25.5 Å². The molecular formula is C24H26N6O. The van der Waals surface area contributed by atoms with E-state index >= 15 is 0 Å². The summed E-state index contributed by atoms with van der Waals surface area (Å²) in [4.78, 5) is 23.3. The Morgan fingerprint density at radius 3 is 2.65 bits per heavy atom. The highest BCUT2D eigenvalue weighted by molar-refractivity contribution is 5.92. The molecule has 0 radical (unpaired) electrons. The van der Waals surface area contributed by atoms with Crippen molar-refractivity contribution in [3.63, 3.8) is 0 Å². The topological polar surface area (TPSA) is 86.8 Å². The number of nitrogens with zero attached hydrogens (tertiary/aromatic N) is 5. The van der Waals surface area contributed by atoms with Crippen molar-refractivity contribution in [1.82, 2.24) is 24.8 Å². The van der Waals surface area contributed by atoms with E-state index in [4.69, 9.17) is 5.26 Å². The Morgan fingerprint density at radius 1 is 1.13 bits per heavy atom. The summed E-state index contributed by atoms with van der Waals surface area (Å²) in [6, 6.07) is 16.1. The third-order valence-corrected chi connectivity index (χ3v) is 5.75. The number of nitrogens with one attached hydrogen (secondary N) is 1. The van der Waals surface area contributed by atoms with Gasteiger partial charge in [-0.3, -0.25) is 14.3 Å². The highest BCUT2D eigenvalue weighted by atomic mass is 16.1. The maximum atomic E-state index is 12.4. The molecule has 1 N–H and O–H groups in total. The molecule has 0 bridgehead atoms. The van der Waals surface area contributed by atoms with Crippen molar-refractivity contribution in [3.8, 4) is 11.9 Å². The van der Waals surface area contributed by atoms with Gasteiger partial charge < -0.3 is 5.32 Å². The van der Waals surface area contributed by atoms with Gasteiger partial charge in [0.1, 0.15) is 23.9 Å². The first-order chi connectivity index (χ1) is 15.2. The number of amides is 1. The molecule has 0 atom stereocenters. The van der Waals surface area contributed by atoms with Gasteiger partial charge >= 0.3 is 0 Å². The molecule has 1 amide bonds. The number of nitriles is 1. The molecule has 1 fully saturated rings. The Hall–Kier alpha value is -3.50. The van der Waals surface area contributed by atoms with Gasteiger partial charge in [0.05, 0.1) is 5.56 Å². The minimum atomic E-state index is -0.172. The number of rotatable bonds is 7. The Morgan fingerprint density at radius 2 is 1.94 bits per heavy atom. The second-order valence-corrected chi connectivity index (χ2v) is 7.93. The van der Waals surface area contributed by atoms with Gasteiger partial charge in [-0.05, 0) is 56.0 Å². The lowest BCUT2D eigenvalue weighted by Crippen LogP contribution is -2.34. The van der Waals surface area contributed by atoms with Gasteiger partial charge in [-0.25, -0.2) is 9.97 Å². The molecule has 0 spiro atoms. The zero-order valence-electron chi connectivity index (χ0n) is 17.4. The molecule has 31 heavy (non-hydrogen) atoms. The van der Waals surface area contributed by atoms with E-state index in [1.54, 1.807) is 29.2 Å².